The Bertz CT molecular complexity index is 667. The molecule has 1 aromatic heterocycles. The van der Waals surface area contributed by atoms with Crippen LogP contribution in [0.2, 0.25) is 5.02 Å². The molecule has 0 radical (unpaired) electrons. The molecule has 0 saturated heterocycles. The first kappa shape index (κ1) is 18.5. The minimum Gasteiger partial charge on any atom is -0.466 e. The van der Waals surface area contributed by atoms with Gasteiger partial charge in [0.05, 0.1) is 19.6 Å². The van der Waals surface area contributed by atoms with Crippen molar-refractivity contribution in [2.45, 2.75) is 52.5 Å². The van der Waals surface area contributed by atoms with Crippen LogP contribution in [-0.2, 0) is 28.9 Å². The van der Waals surface area contributed by atoms with Crippen molar-refractivity contribution in [1.82, 2.24) is 9.55 Å². The number of benzene rings is 1. The molecule has 24 heavy (non-hydrogen) atoms. The summed E-state index contributed by atoms with van der Waals surface area (Å²) in [7, 11) is 0. The summed E-state index contributed by atoms with van der Waals surface area (Å²) < 4.78 is 7.21. The fraction of sp³-hybridized carbons (Fsp3) is 0.474. The van der Waals surface area contributed by atoms with Crippen LogP contribution in [-0.4, -0.2) is 22.1 Å². The number of hydrogen-bond acceptors (Lipinski definition) is 3. The zero-order valence-electron chi connectivity index (χ0n) is 14.4. The molecule has 0 fully saturated rings. The lowest BCUT2D eigenvalue weighted by molar-refractivity contribution is -0.143. The SMILES string of the molecule is CCCCc1ncc(CCC(=O)OCC)n1Cc1ccccc1Cl. The first-order valence-corrected chi connectivity index (χ1v) is 8.95. The zero-order chi connectivity index (χ0) is 17.4. The van der Waals surface area contributed by atoms with E-state index in [1.54, 1.807) is 0 Å². The van der Waals surface area contributed by atoms with Crippen LogP contribution in [0.5, 0.6) is 0 Å². The number of esters is 1. The fourth-order valence-electron chi connectivity index (χ4n) is 2.64. The van der Waals surface area contributed by atoms with Crippen LogP contribution in [0.15, 0.2) is 30.5 Å². The third-order valence-electron chi connectivity index (χ3n) is 3.95. The Hall–Kier alpha value is -1.81. The van der Waals surface area contributed by atoms with E-state index in [2.05, 4.69) is 16.5 Å². The second-order valence-electron chi connectivity index (χ2n) is 5.75. The largest absolute Gasteiger partial charge is 0.466 e. The van der Waals surface area contributed by atoms with Gasteiger partial charge in [-0.2, -0.15) is 0 Å². The molecule has 0 saturated carbocycles. The van der Waals surface area contributed by atoms with Gasteiger partial charge in [-0.15, -0.1) is 0 Å². The Morgan fingerprint density at radius 3 is 2.75 bits per heavy atom. The van der Waals surface area contributed by atoms with E-state index in [0.29, 0.717) is 26.0 Å². The smallest absolute Gasteiger partial charge is 0.306 e. The van der Waals surface area contributed by atoms with E-state index < -0.39 is 0 Å². The van der Waals surface area contributed by atoms with Gasteiger partial charge >= 0.3 is 5.97 Å². The van der Waals surface area contributed by atoms with Crippen molar-refractivity contribution in [2.75, 3.05) is 6.61 Å². The summed E-state index contributed by atoms with van der Waals surface area (Å²) in [6.45, 7) is 5.09. The average Bonchev–Trinajstić information content (AvgIpc) is 2.95. The summed E-state index contributed by atoms with van der Waals surface area (Å²) >= 11 is 6.31. The third kappa shape index (κ3) is 5.10. The lowest BCUT2D eigenvalue weighted by Crippen LogP contribution is -2.12. The number of nitrogens with zero attached hydrogens (tertiary/aromatic N) is 2. The number of unbranched alkanes of at least 4 members (excludes halogenated alkanes) is 1. The summed E-state index contributed by atoms with van der Waals surface area (Å²) in [5.74, 6) is 0.883. The highest BCUT2D eigenvalue weighted by Crippen LogP contribution is 2.20. The van der Waals surface area contributed by atoms with Crippen LogP contribution in [0, 0.1) is 0 Å². The lowest BCUT2D eigenvalue weighted by atomic mass is 10.2. The highest BCUT2D eigenvalue weighted by atomic mass is 35.5. The van der Waals surface area contributed by atoms with Crippen molar-refractivity contribution in [3.63, 3.8) is 0 Å². The van der Waals surface area contributed by atoms with Crippen LogP contribution < -0.4 is 0 Å². The molecule has 5 heteroatoms. The number of imidazole rings is 1. The van der Waals surface area contributed by atoms with Gasteiger partial charge in [-0.05, 0) is 31.4 Å². The molecular formula is C19H25ClN2O2. The van der Waals surface area contributed by atoms with E-state index >= 15 is 0 Å². The maximum atomic E-state index is 11.6. The molecule has 0 spiro atoms. The second-order valence-corrected chi connectivity index (χ2v) is 6.16. The molecule has 0 amide bonds. The predicted molar refractivity (Wildman–Crippen MR) is 96.3 cm³/mol. The fourth-order valence-corrected chi connectivity index (χ4v) is 2.84. The van der Waals surface area contributed by atoms with E-state index in [1.165, 1.54) is 0 Å². The molecule has 4 nitrogen and oxygen atoms in total. The molecule has 0 aliphatic carbocycles. The van der Waals surface area contributed by atoms with Gasteiger partial charge in [-0.25, -0.2) is 4.98 Å². The molecule has 0 unspecified atom stereocenters. The summed E-state index contributed by atoms with van der Waals surface area (Å²) in [4.78, 5) is 16.2. The van der Waals surface area contributed by atoms with Gasteiger partial charge < -0.3 is 9.30 Å². The highest BCUT2D eigenvalue weighted by Gasteiger charge is 2.13. The van der Waals surface area contributed by atoms with Gasteiger partial charge in [-0.3, -0.25) is 4.79 Å². The van der Waals surface area contributed by atoms with Crippen LogP contribution in [0.1, 0.15) is 50.2 Å². The molecule has 0 N–H and O–H groups in total. The maximum Gasteiger partial charge on any atom is 0.306 e. The van der Waals surface area contributed by atoms with Gasteiger partial charge in [0.1, 0.15) is 5.82 Å². The number of halogens is 1. The van der Waals surface area contributed by atoms with Crippen LogP contribution >= 0.6 is 11.6 Å². The van der Waals surface area contributed by atoms with E-state index in [9.17, 15) is 4.79 Å². The summed E-state index contributed by atoms with van der Waals surface area (Å²) in [5, 5.41) is 0.754. The van der Waals surface area contributed by atoms with Crippen molar-refractivity contribution in [1.29, 1.82) is 0 Å². The third-order valence-corrected chi connectivity index (χ3v) is 4.32. The highest BCUT2D eigenvalue weighted by molar-refractivity contribution is 6.31. The molecular weight excluding hydrogens is 324 g/mol. The molecule has 1 heterocycles. The average molecular weight is 349 g/mol. The molecule has 0 bridgehead atoms. The first-order valence-electron chi connectivity index (χ1n) is 8.58. The second kappa shape index (κ2) is 9.48. The van der Waals surface area contributed by atoms with Crippen LogP contribution in [0.3, 0.4) is 0 Å². The van der Waals surface area contributed by atoms with E-state index in [4.69, 9.17) is 16.3 Å². The molecule has 1 aromatic carbocycles. The van der Waals surface area contributed by atoms with Crippen molar-refractivity contribution in [2.24, 2.45) is 0 Å². The number of carbonyl (C=O) groups excluding carboxylic acids is 1. The van der Waals surface area contributed by atoms with Gasteiger partial charge in [0.25, 0.3) is 0 Å². The number of hydrogen-bond donors (Lipinski definition) is 0. The molecule has 0 aliphatic rings. The molecule has 2 rings (SSSR count). The summed E-state index contributed by atoms with van der Waals surface area (Å²) in [5.41, 5.74) is 2.11. The summed E-state index contributed by atoms with van der Waals surface area (Å²) in [6.07, 6.45) is 6.02. The standard InChI is InChI=1S/C19H25ClN2O2/c1-3-5-10-18-21-13-16(11-12-19(23)24-4-2)22(18)14-15-8-6-7-9-17(15)20/h6-9,13H,3-5,10-12,14H2,1-2H3. The minimum absolute atomic E-state index is 0.168. The Morgan fingerprint density at radius 2 is 2.04 bits per heavy atom. The molecule has 0 atom stereocenters. The van der Waals surface area contributed by atoms with E-state index in [-0.39, 0.29) is 5.97 Å². The normalized spacial score (nSPS) is 10.8. The number of aryl methyl sites for hydroxylation is 2. The van der Waals surface area contributed by atoms with Crippen molar-refractivity contribution >= 4 is 17.6 Å². The number of rotatable bonds is 9. The summed E-state index contributed by atoms with van der Waals surface area (Å²) in [6, 6.07) is 7.85. The van der Waals surface area contributed by atoms with E-state index in [1.807, 2.05) is 37.4 Å². The van der Waals surface area contributed by atoms with Gasteiger partial charge in [-0.1, -0.05) is 43.1 Å². The number of aromatic nitrogens is 2. The molecule has 130 valence electrons. The molecule has 0 aliphatic heterocycles. The number of carbonyl (C=O) groups is 1. The van der Waals surface area contributed by atoms with Crippen LogP contribution in [0.4, 0.5) is 0 Å². The van der Waals surface area contributed by atoms with Crippen LogP contribution in [0.25, 0.3) is 0 Å². The Balaban J connectivity index is 2.19. The number of ether oxygens (including phenoxy) is 1. The topological polar surface area (TPSA) is 44.1 Å². The minimum atomic E-state index is -0.168. The monoisotopic (exact) mass is 348 g/mol. The predicted octanol–water partition coefficient (Wildman–Crippen LogP) is 4.42. The zero-order valence-corrected chi connectivity index (χ0v) is 15.2. The Morgan fingerprint density at radius 1 is 1.25 bits per heavy atom. The van der Waals surface area contributed by atoms with Gasteiger partial charge in [0, 0.05) is 23.3 Å². The first-order chi connectivity index (χ1) is 11.7. The Labute approximate surface area is 148 Å². The molecule has 2 aromatic rings. The van der Waals surface area contributed by atoms with Gasteiger partial charge in [0.2, 0.25) is 0 Å². The maximum absolute atomic E-state index is 11.6. The Kier molecular flexibility index (Phi) is 7.32. The van der Waals surface area contributed by atoms with Gasteiger partial charge in [0.15, 0.2) is 0 Å². The van der Waals surface area contributed by atoms with Crippen molar-refractivity contribution in [3.8, 4) is 0 Å². The quantitative estimate of drug-likeness (QED) is 0.630. The van der Waals surface area contributed by atoms with E-state index in [0.717, 1.165) is 41.4 Å². The van der Waals surface area contributed by atoms with Crippen molar-refractivity contribution in [3.05, 3.63) is 52.6 Å². The lowest BCUT2D eigenvalue weighted by Gasteiger charge is -2.13. The van der Waals surface area contributed by atoms with Crippen molar-refractivity contribution < 1.29 is 9.53 Å².